The maximum atomic E-state index is 9.73. The molecular weight excluding hydrogens is 208 g/mol. The Morgan fingerprint density at radius 1 is 1.33 bits per heavy atom. The Morgan fingerprint density at radius 3 is 2.33 bits per heavy atom. The van der Waals surface area contributed by atoms with Crippen LogP contribution in [0.4, 0.5) is 0 Å². The summed E-state index contributed by atoms with van der Waals surface area (Å²) in [6.45, 7) is 10.3. The predicted octanol–water partition coefficient (Wildman–Crippen LogP) is 2.40. The largest absolute Gasteiger partial charge is 0.392 e. The van der Waals surface area contributed by atoms with Gasteiger partial charge in [-0.3, -0.25) is 0 Å². The van der Waals surface area contributed by atoms with Gasteiger partial charge in [0.25, 0.3) is 0 Å². The van der Waals surface area contributed by atoms with Gasteiger partial charge in [0.15, 0.2) is 0 Å². The molecular formula is C11H20N2OS. The first-order valence-corrected chi connectivity index (χ1v) is 6.09. The van der Waals surface area contributed by atoms with Crippen molar-refractivity contribution in [3.63, 3.8) is 0 Å². The molecule has 0 fully saturated rings. The monoisotopic (exact) mass is 228 g/mol. The summed E-state index contributed by atoms with van der Waals surface area (Å²) in [5.41, 5.74) is -0.00245. The van der Waals surface area contributed by atoms with Gasteiger partial charge < -0.3 is 5.11 Å². The van der Waals surface area contributed by atoms with Crippen molar-refractivity contribution in [3.05, 3.63) is 10.8 Å². The van der Waals surface area contributed by atoms with Crippen molar-refractivity contribution in [1.29, 1.82) is 0 Å². The summed E-state index contributed by atoms with van der Waals surface area (Å²) < 4.78 is 4.32. The maximum absolute atomic E-state index is 9.73. The second-order valence-corrected chi connectivity index (χ2v) is 6.11. The van der Waals surface area contributed by atoms with E-state index in [4.69, 9.17) is 0 Å². The fraction of sp³-hybridized carbons (Fsp3) is 0.818. The van der Waals surface area contributed by atoms with Crippen molar-refractivity contribution in [3.8, 4) is 0 Å². The normalized spacial score (nSPS) is 14.6. The molecule has 15 heavy (non-hydrogen) atoms. The molecule has 0 spiro atoms. The first-order valence-electron chi connectivity index (χ1n) is 5.32. The molecule has 0 amide bonds. The molecule has 3 nitrogen and oxygen atoms in total. The summed E-state index contributed by atoms with van der Waals surface area (Å²) in [5, 5.41) is 10.7. The van der Waals surface area contributed by atoms with Gasteiger partial charge in [-0.1, -0.05) is 34.6 Å². The standard InChI is InChI=1S/C11H20N2OS/c1-7(2)8(14)6-9-12-10(13-15-9)11(3,4)5/h7-8,14H,6H2,1-5H3. The van der Waals surface area contributed by atoms with Crippen LogP contribution in [0.5, 0.6) is 0 Å². The molecule has 1 aromatic rings. The van der Waals surface area contributed by atoms with Crippen molar-refractivity contribution in [2.45, 2.75) is 52.6 Å². The van der Waals surface area contributed by atoms with Gasteiger partial charge in [-0.15, -0.1) is 0 Å². The molecule has 1 rings (SSSR count). The van der Waals surface area contributed by atoms with E-state index in [-0.39, 0.29) is 17.4 Å². The molecule has 0 aliphatic carbocycles. The smallest absolute Gasteiger partial charge is 0.147 e. The summed E-state index contributed by atoms with van der Waals surface area (Å²) in [4.78, 5) is 4.45. The number of aliphatic hydroxyl groups is 1. The van der Waals surface area contributed by atoms with Crippen molar-refractivity contribution >= 4 is 11.5 Å². The van der Waals surface area contributed by atoms with Gasteiger partial charge in [-0.25, -0.2) is 4.98 Å². The Kier molecular flexibility index (Phi) is 3.84. The molecule has 4 heteroatoms. The Bertz CT molecular complexity index is 315. The van der Waals surface area contributed by atoms with E-state index < -0.39 is 0 Å². The van der Waals surface area contributed by atoms with Gasteiger partial charge in [0, 0.05) is 11.8 Å². The topological polar surface area (TPSA) is 46.0 Å². The fourth-order valence-corrected chi connectivity index (χ4v) is 1.94. The minimum Gasteiger partial charge on any atom is -0.392 e. The van der Waals surface area contributed by atoms with Gasteiger partial charge in [0.1, 0.15) is 10.8 Å². The molecule has 1 heterocycles. The van der Waals surface area contributed by atoms with Crippen molar-refractivity contribution < 1.29 is 5.11 Å². The molecule has 0 bridgehead atoms. The van der Waals surface area contributed by atoms with Gasteiger partial charge in [0.2, 0.25) is 0 Å². The highest BCUT2D eigenvalue weighted by molar-refractivity contribution is 7.05. The Hall–Kier alpha value is -0.480. The van der Waals surface area contributed by atoms with E-state index in [0.717, 1.165) is 10.8 Å². The zero-order valence-corrected chi connectivity index (χ0v) is 10.9. The summed E-state index contributed by atoms with van der Waals surface area (Å²) >= 11 is 1.40. The average Bonchev–Trinajstić information content (AvgIpc) is 2.51. The lowest BCUT2D eigenvalue weighted by Gasteiger charge is -2.13. The molecule has 0 aromatic carbocycles. The van der Waals surface area contributed by atoms with Crippen LogP contribution in [0.2, 0.25) is 0 Å². The Balaban J connectivity index is 2.69. The second kappa shape index (κ2) is 4.58. The zero-order chi connectivity index (χ0) is 11.6. The van der Waals surface area contributed by atoms with Crippen molar-refractivity contribution in [1.82, 2.24) is 9.36 Å². The van der Waals surface area contributed by atoms with Crippen LogP contribution in [0.15, 0.2) is 0 Å². The van der Waals surface area contributed by atoms with Gasteiger partial charge in [-0.05, 0) is 17.5 Å². The summed E-state index contributed by atoms with van der Waals surface area (Å²) in [6, 6.07) is 0. The molecule has 0 aliphatic rings. The molecule has 86 valence electrons. The zero-order valence-electron chi connectivity index (χ0n) is 10.1. The van der Waals surface area contributed by atoms with Crippen LogP contribution < -0.4 is 0 Å². The third kappa shape index (κ3) is 3.54. The highest BCUT2D eigenvalue weighted by Gasteiger charge is 2.20. The third-order valence-corrected chi connectivity index (χ3v) is 3.03. The van der Waals surface area contributed by atoms with Crippen LogP contribution in [0.25, 0.3) is 0 Å². The minimum atomic E-state index is -0.314. The lowest BCUT2D eigenvalue weighted by Crippen LogP contribution is -2.18. The summed E-state index contributed by atoms with van der Waals surface area (Å²) in [5.74, 6) is 1.14. The fourth-order valence-electron chi connectivity index (χ4n) is 1.06. The van der Waals surface area contributed by atoms with E-state index in [9.17, 15) is 5.11 Å². The number of aromatic nitrogens is 2. The SMILES string of the molecule is CC(C)C(O)Cc1nc(C(C)(C)C)ns1. The summed E-state index contributed by atoms with van der Waals surface area (Å²) in [6.07, 6.45) is 0.302. The van der Waals surface area contributed by atoms with Gasteiger partial charge in [-0.2, -0.15) is 4.37 Å². The first kappa shape index (κ1) is 12.6. The first-order chi connectivity index (χ1) is 6.80. The number of nitrogens with zero attached hydrogens (tertiary/aromatic N) is 2. The molecule has 0 radical (unpaired) electrons. The van der Waals surface area contributed by atoms with E-state index in [1.807, 2.05) is 13.8 Å². The van der Waals surface area contributed by atoms with E-state index in [1.165, 1.54) is 11.5 Å². The molecule has 1 N–H and O–H groups in total. The maximum Gasteiger partial charge on any atom is 0.147 e. The lowest BCUT2D eigenvalue weighted by molar-refractivity contribution is 0.125. The van der Waals surface area contributed by atoms with Crippen LogP contribution in [-0.4, -0.2) is 20.6 Å². The number of hydrogen-bond donors (Lipinski definition) is 1. The number of hydrogen-bond acceptors (Lipinski definition) is 4. The molecule has 1 unspecified atom stereocenters. The lowest BCUT2D eigenvalue weighted by atomic mass is 9.96. The Labute approximate surface area is 95.7 Å². The Morgan fingerprint density at radius 2 is 1.93 bits per heavy atom. The summed E-state index contributed by atoms with van der Waals surface area (Å²) in [7, 11) is 0. The van der Waals surface area contributed by atoms with Crippen LogP contribution in [0, 0.1) is 5.92 Å². The molecule has 0 saturated heterocycles. The second-order valence-electron chi connectivity index (χ2n) is 5.28. The number of aliphatic hydroxyl groups excluding tert-OH is 1. The van der Waals surface area contributed by atoms with Gasteiger partial charge >= 0.3 is 0 Å². The quantitative estimate of drug-likeness (QED) is 0.864. The van der Waals surface area contributed by atoms with Gasteiger partial charge in [0.05, 0.1) is 6.10 Å². The highest BCUT2D eigenvalue weighted by atomic mass is 32.1. The molecule has 0 aliphatic heterocycles. The highest BCUT2D eigenvalue weighted by Crippen LogP contribution is 2.21. The molecule has 0 saturated carbocycles. The predicted molar refractivity (Wildman–Crippen MR) is 63.2 cm³/mol. The minimum absolute atomic E-state index is 0.00245. The van der Waals surface area contributed by atoms with Crippen molar-refractivity contribution in [2.75, 3.05) is 0 Å². The molecule has 1 atom stereocenters. The van der Waals surface area contributed by atoms with Crippen molar-refractivity contribution in [2.24, 2.45) is 5.92 Å². The van der Waals surface area contributed by atoms with E-state index in [1.54, 1.807) is 0 Å². The molecule has 1 aromatic heterocycles. The number of rotatable bonds is 3. The van der Waals surface area contributed by atoms with E-state index >= 15 is 0 Å². The van der Waals surface area contributed by atoms with E-state index in [2.05, 4.69) is 30.1 Å². The van der Waals surface area contributed by atoms with Crippen LogP contribution in [-0.2, 0) is 11.8 Å². The van der Waals surface area contributed by atoms with Crippen LogP contribution in [0.3, 0.4) is 0 Å². The average molecular weight is 228 g/mol. The van der Waals surface area contributed by atoms with Crippen LogP contribution in [0.1, 0.15) is 45.5 Å². The third-order valence-electron chi connectivity index (χ3n) is 2.29. The van der Waals surface area contributed by atoms with Crippen LogP contribution >= 0.6 is 11.5 Å². The van der Waals surface area contributed by atoms with E-state index in [0.29, 0.717) is 6.42 Å².